The van der Waals surface area contributed by atoms with Gasteiger partial charge in [0.25, 0.3) is 0 Å². The van der Waals surface area contributed by atoms with Crippen LogP contribution in [-0.4, -0.2) is 9.55 Å². The summed E-state index contributed by atoms with van der Waals surface area (Å²) in [5, 5.41) is 0. The number of nitrogens with two attached hydrogens (primary N) is 1. The van der Waals surface area contributed by atoms with E-state index in [2.05, 4.69) is 4.98 Å². The largest absolute Gasteiger partial charge is 0.399 e. The van der Waals surface area contributed by atoms with Crippen LogP contribution in [0.5, 0.6) is 0 Å². The van der Waals surface area contributed by atoms with Gasteiger partial charge in [-0.05, 0) is 12.1 Å². The number of hydrogen-bond acceptors (Lipinski definition) is 2. The fourth-order valence-corrected chi connectivity index (χ4v) is 1.21. The molecule has 0 saturated heterocycles. The molecule has 0 atom stereocenters. The number of aryl methyl sites for hydroxylation is 1. The van der Waals surface area contributed by atoms with Gasteiger partial charge >= 0.3 is 0 Å². The Kier molecular flexibility index (Phi) is 2.43. The Bertz CT molecular complexity index is 438. The second kappa shape index (κ2) is 3.22. The predicted molar refractivity (Wildman–Crippen MR) is 52.3 cm³/mol. The van der Waals surface area contributed by atoms with Crippen molar-refractivity contribution in [3.63, 3.8) is 0 Å². The van der Waals surface area contributed by atoms with E-state index in [1.807, 2.05) is 0 Å². The number of rotatable bonds is 0. The van der Waals surface area contributed by atoms with Crippen molar-refractivity contribution in [1.82, 2.24) is 9.55 Å². The zero-order chi connectivity index (χ0) is 8.72. The van der Waals surface area contributed by atoms with E-state index in [4.69, 9.17) is 5.73 Å². The molecule has 0 bridgehead atoms. The molecule has 2 rings (SSSR count). The predicted octanol–water partition coefficient (Wildman–Crippen LogP) is 1.72. The second-order valence-corrected chi connectivity index (χ2v) is 2.73. The van der Waals surface area contributed by atoms with Gasteiger partial charge in [-0.15, -0.1) is 12.4 Å². The van der Waals surface area contributed by atoms with Crippen LogP contribution in [0.25, 0.3) is 11.0 Å². The molecule has 70 valence electrons. The number of halogens is 2. The molecular weight excluding hydrogens is 193 g/mol. The van der Waals surface area contributed by atoms with Crippen LogP contribution in [0.4, 0.5) is 10.1 Å². The van der Waals surface area contributed by atoms with Gasteiger partial charge in [-0.25, -0.2) is 9.37 Å². The standard InChI is InChI=1S/C8H8FN3.ClH/c1-12-4-11-8-6(9)2-5(10)3-7(8)12;/h2-4H,10H2,1H3;1H. The fraction of sp³-hybridized carbons (Fsp3) is 0.125. The number of anilines is 1. The molecule has 0 radical (unpaired) electrons. The molecule has 0 aliphatic carbocycles. The SMILES string of the molecule is Cl.Cn1cnc2c(F)cc(N)cc21. The summed E-state index contributed by atoms with van der Waals surface area (Å²) < 4.78 is 14.8. The van der Waals surface area contributed by atoms with Gasteiger partial charge in [0.2, 0.25) is 0 Å². The van der Waals surface area contributed by atoms with Gasteiger partial charge in [0.1, 0.15) is 5.52 Å². The summed E-state index contributed by atoms with van der Waals surface area (Å²) in [6.45, 7) is 0. The maximum atomic E-state index is 13.1. The highest BCUT2D eigenvalue weighted by molar-refractivity contribution is 5.85. The molecule has 3 nitrogen and oxygen atoms in total. The lowest BCUT2D eigenvalue weighted by Crippen LogP contribution is -1.90. The highest BCUT2D eigenvalue weighted by Crippen LogP contribution is 2.18. The Morgan fingerprint density at radius 1 is 1.46 bits per heavy atom. The lowest BCUT2D eigenvalue weighted by atomic mass is 10.2. The molecule has 13 heavy (non-hydrogen) atoms. The molecule has 2 N–H and O–H groups in total. The Balaban J connectivity index is 0.000000845. The third kappa shape index (κ3) is 1.45. The normalized spacial score (nSPS) is 10.0. The maximum absolute atomic E-state index is 13.1. The highest BCUT2D eigenvalue weighted by Gasteiger charge is 2.05. The summed E-state index contributed by atoms with van der Waals surface area (Å²) in [5.74, 6) is -0.370. The van der Waals surface area contributed by atoms with Crippen LogP contribution in [0.1, 0.15) is 0 Å². The van der Waals surface area contributed by atoms with Gasteiger partial charge in [-0.2, -0.15) is 0 Å². The first-order chi connectivity index (χ1) is 5.68. The zero-order valence-electron chi connectivity index (χ0n) is 6.99. The van der Waals surface area contributed by atoms with E-state index in [9.17, 15) is 4.39 Å². The van der Waals surface area contributed by atoms with Crippen molar-refractivity contribution < 1.29 is 4.39 Å². The van der Waals surface area contributed by atoms with Crippen LogP contribution in [0, 0.1) is 5.82 Å². The maximum Gasteiger partial charge on any atom is 0.153 e. The Labute approximate surface area is 80.8 Å². The number of hydrogen-bond donors (Lipinski definition) is 1. The minimum atomic E-state index is -0.370. The van der Waals surface area contributed by atoms with Gasteiger partial charge in [0.15, 0.2) is 5.82 Å². The molecule has 0 saturated carbocycles. The molecule has 1 aromatic carbocycles. The second-order valence-electron chi connectivity index (χ2n) is 2.73. The third-order valence-electron chi connectivity index (χ3n) is 1.81. The number of nitrogen functional groups attached to an aromatic ring is 1. The van der Waals surface area contributed by atoms with Crippen LogP contribution < -0.4 is 5.73 Å². The highest BCUT2D eigenvalue weighted by atomic mass is 35.5. The lowest BCUT2D eigenvalue weighted by molar-refractivity contribution is 0.638. The van der Waals surface area contributed by atoms with Gasteiger partial charge in [0, 0.05) is 12.7 Å². The van der Waals surface area contributed by atoms with E-state index in [1.54, 1.807) is 24.0 Å². The van der Waals surface area contributed by atoms with Crippen molar-refractivity contribution >= 4 is 29.1 Å². The van der Waals surface area contributed by atoms with Gasteiger partial charge < -0.3 is 10.3 Å². The number of imidazole rings is 1. The summed E-state index contributed by atoms with van der Waals surface area (Å²) >= 11 is 0. The number of benzene rings is 1. The smallest absolute Gasteiger partial charge is 0.153 e. The van der Waals surface area contributed by atoms with Crippen molar-refractivity contribution in [1.29, 1.82) is 0 Å². The van der Waals surface area contributed by atoms with Crippen molar-refractivity contribution in [3.05, 3.63) is 24.3 Å². The third-order valence-corrected chi connectivity index (χ3v) is 1.81. The van der Waals surface area contributed by atoms with Gasteiger partial charge in [-0.3, -0.25) is 0 Å². The average molecular weight is 202 g/mol. The lowest BCUT2D eigenvalue weighted by Gasteiger charge is -1.97. The monoisotopic (exact) mass is 201 g/mol. The Hall–Kier alpha value is -1.29. The molecule has 0 fully saturated rings. The quantitative estimate of drug-likeness (QED) is 0.660. The van der Waals surface area contributed by atoms with Crippen LogP contribution in [0.3, 0.4) is 0 Å². The summed E-state index contributed by atoms with van der Waals surface area (Å²) in [7, 11) is 1.80. The summed E-state index contributed by atoms with van der Waals surface area (Å²) in [6, 6.07) is 2.97. The van der Waals surface area contributed by atoms with Crippen molar-refractivity contribution in [2.24, 2.45) is 7.05 Å². The molecule has 0 aliphatic heterocycles. The van der Waals surface area contributed by atoms with Crippen LogP contribution in [0.2, 0.25) is 0 Å². The molecule has 1 heterocycles. The fourth-order valence-electron chi connectivity index (χ4n) is 1.21. The molecular formula is C8H9ClFN3. The molecule has 0 spiro atoms. The summed E-state index contributed by atoms with van der Waals surface area (Å²) in [4.78, 5) is 3.89. The van der Waals surface area contributed by atoms with E-state index in [-0.39, 0.29) is 18.2 Å². The topological polar surface area (TPSA) is 43.8 Å². The molecule has 0 amide bonds. The molecule has 2 aromatic rings. The van der Waals surface area contributed by atoms with E-state index in [0.717, 1.165) is 0 Å². The van der Waals surface area contributed by atoms with E-state index in [1.165, 1.54) is 6.07 Å². The summed E-state index contributed by atoms with van der Waals surface area (Å²) in [6.07, 6.45) is 1.56. The first-order valence-electron chi connectivity index (χ1n) is 3.54. The first-order valence-corrected chi connectivity index (χ1v) is 3.54. The zero-order valence-corrected chi connectivity index (χ0v) is 7.81. The van der Waals surface area contributed by atoms with E-state index < -0.39 is 0 Å². The molecule has 1 aromatic heterocycles. The minimum Gasteiger partial charge on any atom is -0.399 e. The minimum absolute atomic E-state index is 0. The average Bonchev–Trinajstić information content (AvgIpc) is 2.33. The van der Waals surface area contributed by atoms with Crippen LogP contribution >= 0.6 is 12.4 Å². The van der Waals surface area contributed by atoms with Crippen molar-refractivity contribution in [2.45, 2.75) is 0 Å². The van der Waals surface area contributed by atoms with Gasteiger partial charge in [-0.1, -0.05) is 0 Å². The van der Waals surface area contributed by atoms with Crippen molar-refractivity contribution in [3.8, 4) is 0 Å². The number of fused-ring (bicyclic) bond motifs is 1. The van der Waals surface area contributed by atoms with Crippen LogP contribution in [0.15, 0.2) is 18.5 Å². The summed E-state index contributed by atoms with van der Waals surface area (Å²) in [5.41, 5.74) is 6.97. The van der Waals surface area contributed by atoms with E-state index in [0.29, 0.717) is 16.7 Å². The Morgan fingerprint density at radius 3 is 2.85 bits per heavy atom. The van der Waals surface area contributed by atoms with Crippen molar-refractivity contribution in [2.75, 3.05) is 5.73 Å². The molecule has 5 heteroatoms. The number of aromatic nitrogens is 2. The van der Waals surface area contributed by atoms with Crippen LogP contribution in [-0.2, 0) is 7.05 Å². The first kappa shape index (κ1) is 9.80. The Morgan fingerprint density at radius 2 is 2.15 bits per heavy atom. The van der Waals surface area contributed by atoms with E-state index >= 15 is 0 Å². The number of nitrogens with zero attached hydrogens (tertiary/aromatic N) is 2. The molecule has 0 unspecified atom stereocenters. The van der Waals surface area contributed by atoms with Gasteiger partial charge in [0.05, 0.1) is 11.8 Å². The molecule has 0 aliphatic rings.